The Bertz CT molecular complexity index is 393. The van der Waals surface area contributed by atoms with E-state index < -0.39 is 26.3 Å². The Kier molecular flexibility index (Phi) is 6.52. The lowest BCUT2D eigenvalue weighted by Gasteiger charge is -2.34. The predicted molar refractivity (Wildman–Crippen MR) is 68.9 cm³/mol. The summed E-state index contributed by atoms with van der Waals surface area (Å²) in [5, 5.41) is 13.3. The summed E-state index contributed by atoms with van der Waals surface area (Å²) in [6, 6.07) is -1.76. The fourth-order valence-corrected chi connectivity index (χ4v) is 4.03. The smallest absolute Gasteiger partial charge is 0.366 e. The molecule has 0 aliphatic rings. The maximum absolute atomic E-state index is 11.1. The Morgan fingerprint density at radius 2 is 1.63 bits per heavy atom. The van der Waals surface area contributed by atoms with E-state index in [0.717, 1.165) is 0 Å². The number of nitrogens with one attached hydrogen (secondary N) is 1. The molecule has 0 rings (SSSR count). The van der Waals surface area contributed by atoms with Gasteiger partial charge in [-0.05, 0) is 26.2 Å². The largest absolute Gasteiger partial charge is 0.371 e. The highest BCUT2D eigenvalue weighted by Crippen LogP contribution is 2.68. The minimum Gasteiger partial charge on any atom is -0.366 e. The van der Waals surface area contributed by atoms with E-state index >= 15 is 0 Å². The highest BCUT2D eigenvalue weighted by Gasteiger charge is 2.62. The van der Waals surface area contributed by atoms with Gasteiger partial charge in [-0.25, -0.2) is 0 Å². The molecular formula is C8H20N2O7P2. The van der Waals surface area contributed by atoms with Crippen molar-refractivity contribution in [1.82, 2.24) is 0 Å². The molecule has 0 amide bonds. The van der Waals surface area contributed by atoms with Crippen LogP contribution < -0.4 is 5.73 Å². The highest BCUT2D eigenvalue weighted by atomic mass is 31.2. The first kappa shape index (κ1) is 18.9. The zero-order valence-corrected chi connectivity index (χ0v) is 12.2. The summed E-state index contributed by atoms with van der Waals surface area (Å²) in [6.45, 7) is 1.58. The molecule has 11 heteroatoms. The van der Waals surface area contributed by atoms with E-state index in [1.807, 2.05) is 0 Å². The lowest BCUT2D eigenvalue weighted by Crippen LogP contribution is -2.47. The number of aliphatic hydroxyl groups is 1. The van der Waals surface area contributed by atoms with Crippen molar-refractivity contribution in [3.8, 4) is 0 Å². The van der Waals surface area contributed by atoms with Gasteiger partial charge in [0.25, 0.3) is 5.08 Å². The second-order valence-corrected chi connectivity index (χ2v) is 8.30. The van der Waals surface area contributed by atoms with Crippen LogP contribution >= 0.6 is 15.2 Å². The zero-order valence-electron chi connectivity index (χ0n) is 10.4. The summed E-state index contributed by atoms with van der Waals surface area (Å²) in [5.74, 6) is 0. The first-order valence-electron chi connectivity index (χ1n) is 5.47. The van der Waals surface area contributed by atoms with Crippen LogP contribution in [0.25, 0.3) is 0 Å². The summed E-state index contributed by atoms with van der Waals surface area (Å²) >= 11 is 0. The van der Waals surface area contributed by atoms with Gasteiger partial charge < -0.3 is 35.8 Å². The van der Waals surface area contributed by atoms with Gasteiger partial charge in [0.05, 0.1) is 6.04 Å². The van der Waals surface area contributed by atoms with Gasteiger partial charge in [0.15, 0.2) is 0 Å². The number of unbranched alkanes of at least 4 members (excludes halogenated alkanes) is 1. The third-order valence-corrected chi connectivity index (χ3v) is 6.61. The van der Waals surface area contributed by atoms with Crippen LogP contribution in [0.5, 0.6) is 0 Å². The van der Waals surface area contributed by atoms with Crippen LogP contribution in [-0.4, -0.2) is 41.5 Å². The quantitative estimate of drug-likeness (QED) is 0.184. The summed E-state index contributed by atoms with van der Waals surface area (Å²) in [5.41, 5.74) is 5.76. The Balaban J connectivity index is 4.88. The average Bonchev–Trinajstić information content (AvgIpc) is 2.19. The van der Waals surface area contributed by atoms with E-state index in [1.54, 1.807) is 6.92 Å². The maximum atomic E-state index is 11.1. The van der Waals surface area contributed by atoms with Crippen LogP contribution in [0.3, 0.4) is 0 Å². The van der Waals surface area contributed by atoms with Gasteiger partial charge in [0.1, 0.15) is 0 Å². The summed E-state index contributed by atoms with van der Waals surface area (Å²) in [7, 11) is -11.0. The van der Waals surface area contributed by atoms with Crippen molar-refractivity contribution in [2.24, 2.45) is 5.73 Å². The van der Waals surface area contributed by atoms with E-state index in [2.05, 4.69) is 0 Å². The highest BCUT2D eigenvalue weighted by molar-refractivity contribution is 7.72. The van der Waals surface area contributed by atoms with Crippen molar-refractivity contribution in [3.63, 3.8) is 0 Å². The molecule has 8 N–H and O–H groups in total. The molecule has 0 aliphatic carbocycles. The molecule has 1 unspecified atom stereocenters. The first-order valence-corrected chi connectivity index (χ1v) is 8.69. The molecule has 0 saturated heterocycles. The molecular weight excluding hydrogens is 298 g/mol. The minimum atomic E-state index is -5.51. The monoisotopic (exact) mass is 318 g/mol. The number of hydrogen-bond acceptors (Lipinski definition) is 5. The molecule has 9 nitrogen and oxygen atoms in total. The third kappa shape index (κ3) is 4.73. The van der Waals surface area contributed by atoms with Crippen LogP contribution in [0, 0.1) is 5.41 Å². The van der Waals surface area contributed by atoms with Gasteiger partial charge in [0.2, 0.25) is 0 Å². The van der Waals surface area contributed by atoms with Crippen molar-refractivity contribution in [3.05, 3.63) is 0 Å². The zero-order chi connectivity index (χ0) is 15.5. The SMILES string of the molecule is CC(=N)CCCCC(N)C(O)(P(=O)(O)O)P(=O)(O)O. The summed E-state index contributed by atoms with van der Waals surface area (Å²) < 4.78 is 22.2. The summed E-state index contributed by atoms with van der Waals surface area (Å²) in [6.07, 6.45) is 1.01. The molecule has 0 aromatic heterocycles. The van der Waals surface area contributed by atoms with Crippen molar-refractivity contribution >= 4 is 20.9 Å². The fourth-order valence-electron chi connectivity index (χ4n) is 1.55. The van der Waals surface area contributed by atoms with Crippen molar-refractivity contribution in [1.29, 1.82) is 5.41 Å². The van der Waals surface area contributed by atoms with Gasteiger partial charge >= 0.3 is 15.2 Å². The van der Waals surface area contributed by atoms with Crippen LogP contribution in [-0.2, 0) is 9.13 Å². The lowest BCUT2D eigenvalue weighted by atomic mass is 10.1. The third-order valence-electron chi connectivity index (χ3n) is 2.67. The Hall–Kier alpha value is -0.110. The van der Waals surface area contributed by atoms with Gasteiger partial charge in [0, 0.05) is 5.71 Å². The molecule has 0 aromatic rings. The van der Waals surface area contributed by atoms with Crippen molar-refractivity contribution in [2.45, 2.75) is 43.7 Å². The molecule has 1 atom stereocenters. The molecule has 0 spiro atoms. The fraction of sp³-hybridized carbons (Fsp3) is 0.875. The van der Waals surface area contributed by atoms with Crippen molar-refractivity contribution in [2.75, 3.05) is 0 Å². The summed E-state index contributed by atoms with van der Waals surface area (Å²) in [4.78, 5) is 35.8. The van der Waals surface area contributed by atoms with Crippen LogP contribution in [0.2, 0.25) is 0 Å². The topological polar surface area (TPSA) is 185 Å². The predicted octanol–water partition coefficient (Wildman–Crippen LogP) is -0.0847. The molecule has 0 radical (unpaired) electrons. The average molecular weight is 318 g/mol. The van der Waals surface area contributed by atoms with Gasteiger partial charge in [-0.15, -0.1) is 0 Å². The second kappa shape index (κ2) is 6.56. The molecule has 0 bridgehead atoms. The van der Waals surface area contributed by atoms with E-state index in [1.165, 1.54) is 0 Å². The van der Waals surface area contributed by atoms with Gasteiger partial charge in [-0.3, -0.25) is 9.13 Å². The minimum absolute atomic E-state index is 0.181. The molecule has 0 aliphatic heterocycles. The molecule has 19 heavy (non-hydrogen) atoms. The van der Waals surface area contributed by atoms with E-state index in [9.17, 15) is 14.2 Å². The number of nitrogens with two attached hydrogens (primary N) is 1. The maximum Gasteiger partial charge on any atom is 0.371 e. The van der Waals surface area contributed by atoms with E-state index in [-0.39, 0.29) is 12.8 Å². The molecule has 0 heterocycles. The lowest BCUT2D eigenvalue weighted by molar-refractivity contribution is 0.104. The molecule has 114 valence electrons. The van der Waals surface area contributed by atoms with Gasteiger partial charge in [-0.1, -0.05) is 6.42 Å². The number of rotatable bonds is 8. The normalized spacial score (nSPS) is 15.3. The molecule has 0 aromatic carbocycles. The molecule has 0 saturated carbocycles. The Morgan fingerprint density at radius 1 is 1.21 bits per heavy atom. The van der Waals surface area contributed by atoms with Crippen molar-refractivity contribution < 1.29 is 33.8 Å². The number of hydrogen-bond donors (Lipinski definition) is 7. The molecule has 0 fully saturated rings. The van der Waals surface area contributed by atoms with Crippen LogP contribution in [0.4, 0.5) is 0 Å². The Morgan fingerprint density at radius 3 is 1.95 bits per heavy atom. The second-order valence-electron chi connectivity index (χ2n) is 4.41. The Labute approximate surface area is 110 Å². The van der Waals surface area contributed by atoms with Gasteiger partial charge in [-0.2, -0.15) is 0 Å². The van der Waals surface area contributed by atoms with E-state index in [4.69, 9.17) is 30.7 Å². The van der Waals surface area contributed by atoms with Crippen LogP contribution in [0.15, 0.2) is 0 Å². The van der Waals surface area contributed by atoms with Crippen LogP contribution in [0.1, 0.15) is 32.6 Å². The van der Waals surface area contributed by atoms with E-state index in [0.29, 0.717) is 18.6 Å². The standard InChI is InChI=1S/C8H20N2O7P2/c1-6(9)4-2-3-5-7(10)8(11,18(12,13)14)19(15,16)17/h7,9,11H,2-5,10H2,1H3,(H2,12,13,14)(H2,15,16,17). The first-order chi connectivity index (χ1) is 8.34.